The molecule has 1 aromatic carbocycles. The molecule has 0 aliphatic rings. The number of hydrogen-bond acceptors (Lipinski definition) is 2. The predicted molar refractivity (Wildman–Crippen MR) is 45.7 cm³/mol. The van der Waals surface area contributed by atoms with Crippen molar-refractivity contribution in [3.63, 3.8) is 0 Å². The summed E-state index contributed by atoms with van der Waals surface area (Å²) in [5, 5.41) is 9.65. The Hall–Kier alpha value is -0.750. The molecule has 13 heavy (non-hydrogen) atoms. The molecule has 0 aliphatic heterocycles. The maximum Gasteiger partial charge on any atom is 0.288 e. The second kappa shape index (κ2) is 3.55. The average Bonchev–Trinajstić information content (AvgIpc) is 2.07. The summed E-state index contributed by atoms with van der Waals surface area (Å²) in [6.07, 6.45) is 0. The van der Waals surface area contributed by atoms with Crippen molar-refractivity contribution in [3.05, 3.63) is 37.3 Å². The molecule has 1 rings (SSSR count). The van der Waals surface area contributed by atoms with Crippen molar-refractivity contribution in [2.75, 3.05) is 0 Å². The maximum atomic E-state index is 12.8. The second-order valence-electron chi connectivity index (χ2n) is 2.08. The highest BCUT2D eigenvalue weighted by atomic mass is 79.9. The van der Waals surface area contributed by atoms with E-state index in [1.54, 1.807) is 0 Å². The van der Waals surface area contributed by atoms with Crippen LogP contribution in [-0.4, -0.2) is 4.92 Å². The Labute approximate surface area is 84.6 Å². The molecule has 0 aliphatic carbocycles. The van der Waals surface area contributed by atoms with E-state index in [1.165, 1.54) is 0 Å². The molecule has 1 aromatic rings. The molecule has 0 radical (unpaired) electrons. The number of benzene rings is 1. The van der Waals surface area contributed by atoms with Gasteiger partial charge in [0, 0.05) is 6.07 Å². The number of halogens is 4. The molecule has 70 valence electrons. The predicted octanol–water partition coefficient (Wildman–Crippen LogP) is 3.29. The van der Waals surface area contributed by atoms with E-state index in [0.29, 0.717) is 0 Å². The summed E-state index contributed by atoms with van der Waals surface area (Å²) < 4.78 is 24.9. The summed E-state index contributed by atoms with van der Waals surface area (Å²) in [6, 6.07) is 0.740. The number of nitro groups is 1. The zero-order chi connectivity index (χ0) is 10.2. The van der Waals surface area contributed by atoms with Crippen LogP contribution in [0.25, 0.3) is 0 Å². The van der Waals surface area contributed by atoms with Crippen molar-refractivity contribution in [1.29, 1.82) is 0 Å². The first-order valence-electron chi connectivity index (χ1n) is 2.92. The van der Waals surface area contributed by atoms with E-state index in [1.807, 2.05) is 0 Å². The van der Waals surface area contributed by atoms with E-state index < -0.39 is 31.7 Å². The SMILES string of the molecule is O=[N+]([O-])c1cc(Cl)c(F)c(F)c1Br. The maximum absolute atomic E-state index is 12.8. The number of hydrogen-bond donors (Lipinski definition) is 0. The van der Waals surface area contributed by atoms with E-state index in [4.69, 9.17) is 11.6 Å². The normalized spacial score (nSPS) is 10.2. The van der Waals surface area contributed by atoms with Gasteiger partial charge in [0.15, 0.2) is 11.6 Å². The van der Waals surface area contributed by atoms with Crippen LogP contribution in [0.5, 0.6) is 0 Å². The Morgan fingerprint density at radius 1 is 1.46 bits per heavy atom. The summed E-state index contributed by atoms with van der Waals surface area (Å²) in [4.78, 5) is 9.40. The minimum absolute atomic E-state index is 0.542. The van der Waals surface area contributed by atoms with Gasteiger partial charge < -0.3 is 0 Å². The molecule has 0 spiro atoms. The third kappa shape index (κ3) is 1.78. The van der Waals surface area contributed by atoms with Crippen LogP contribution in [-0.2, 0) is 0 Å². The smallest absolute Gasteiger partial charge is 0.258 e. The van der Waals surface area contributed by atoms with Crippen molar-refractivity contribution in [1.82, 2.24) is 0 Å². The van der Waals surface area contributed by atoms with E-state index in [0.717, 1.165) is 6.07 Å². The highest BCUT2D eigenvalue weighted by Gasteiger charge is 2.22. The van der Waals surface area contributed by atoms with Gasteiger partial charge in [-0.15, -0.1) is 0 Å². The van der Waals surface area contributed by atoms with Gasteiger partial charge in [-0.3, -0.25) is 10.1 Å². The zero-order valence-electron chi connectivity index (χ0n) is 5.85. The minimum atomic E-state index is -1.36. The summed E-state index contributed by atoms with van der Waals surface area (Å²) in [6.45, 7) is 0. The van der Waals surface area contributed by atoms with Crippen LogP contribution in [0.15, 0.2) is 10.5 Å². The highest BCUT2D eigenvalue weighted by Crippen LogP contribution is 2.33. The molecule has 0 amide bonds. The fourth-order valence-electron chi connectivity index (χ4n) is 0.693. The van der Waals surface area contributed by atoms with Crippen molar-refractivity contribution < 1.29 is 13.7 Å². The number of nitrogens with zero attached hydrogens (tertiary/aromatic N) is 1. The van der Waals surface area contributed by atoms with Gasteiger partial charge >= 0.3 is 0 Å². The lowest BCUT2D eigenvalue weighted by molar-refractivity contribution is -0.385. The lowest BCUT2D eigenvalue weighted by Crippen LogP contribution is -1.95. The molecular formula is C6HBrClF2NO2. The Morgan fingerprint density at radius 3 is 2.46 bits per heavy atom. The molecule has 0 saturated heterocycles. The molecule has 0 saturated carbocycles. The van der Waals surface area contributed by atoms with Crippen molar-refractivity contribution in [2.24, 2.45) is 0 Å². The molecule has 7 heteroatoms. The van der Waals surface area contributed by atoms with Gasteiger partial charge in [0.25, 0.3) is 5.69 Å². The molecule has 0 fully saturated rings. The van der Waals surface area contributed by atoms with Crippen molar-refractivity contribution in [2.45, 2.75) is 0 Å². The van der Waals surface area contributed by atoms with Crippen molar-refractivity contribution >= 4 is 33.2 Å². The third-order valence-electron chi connectivity index (χ3n) is 1.28. The Balaban J connectivity index is 3.50. The summed E-state index contributed by atoms with van der Waals surface area (Å²) in [5.41, 5.74) is -0.607. The first-order chi connectivity index (χ1) is 5.95. The fourth-order valence-corrected chi connectivity index (χ4v) is 1.31. The van der Waals surface area contributed by atoms with Crippen LogP contribution in [0.1, 0.15) is 0 Å². The summed E-state index contributed by atoms with van der Waals surface area (Å²) >= 11 is 7.75. The third-order valence-corrected chi connectivity index (χ3v) is 2.31. The average molecular weight is 272 g/mol. The van der Waals surface area contributed by atoms with Gasteiger partial charge in [-0.05, 0) is 15.9 Å². The first kappa shape index (κ1) is 10.3. The van der Waals surface area contributed by atoms with Crippen molar-refractivity contribution in [3.8, 4) is 0 Å². The molecule has 0 N–H and O–H groups in total. The van der Waals surface area contributed by atoms with E-state index in [-0.39, 0.29) is 0 Å². The molecule has 0 atom stereocenters. The Bertz CT molecular complexity index is 385. The van der Waals surface area contributed by atoms with Crippen LogP contribution >= 0.6 is 27.5 Å². The zero-order valence-corrected chi connectivity index (χ0v) is 8.19. The van der Waals surface area contributed by atoms with E-state index >= 15 is 0 Å². The molecular weight excluding hydrogens is 271 g/mol. The molecule has 0 heterocycles. The first-order valence-corrected chi connectivity index (χ1v) is 4.09. The summed E-state index contributed by atoms with van der Waals surface area (Å²) in [7, 11) is 0. The van der Waals surface area contributed by atoms with Crippen LogP contribution in [0.4, 0.5) is 14.5 Å². The van der Waals surface area contributed by atoms with E-state index in [2.05, 4.69) is 15.9 Å². The molecule has 0 aromatic heterocycles. The lowest BCUT2D eigenvalue weighted by atomic mass is 10.3. The standard InChI is InChI=1S/C6HBrClF2NO2/c7-4-3(11(12)13)1-2(8)5(9)6(4)10/h1H. The number of rotatable bonds is 1. The monoisotopic (exact) mass is 271 g/mol. The van der Waals surface area contributed by atoms with Crippen LogP contribution in [0.3, 0.4) is 0 Å². The van der Waals surface area contributed by atoms with Gasteiger partial charge in [-0.1, -0.05) is 11.6 Å². The Morgan fingerprint density at radius 2 is 2.00 bits per heavy atom. The molecule has 0 unspecified atom stereocenters. The number of nitro benzene ring substituents is 1. The summed E-state index contributed by atoms with van der Waals surface area (Å²) in [5.74, 6) is -2.67. The van der Waals surface area contributed by atoms with Gasteiger partial charge in [-0.2, -0.15) is 0 Å². The quantitative estimate of drug-likeness (QED) is 0.341. The second-order valence-corrected chi connectivity index (χ2v) is 3.28. The van der Waals surface area contributed by atoms with Crippen LogP contribution in [0, 0.1) is 21.7 Å². The Kier molecular flexibility index (Phi) is 2.82. The van der Waals surface area contributed by atoms with Gasteiger partial charge in [0.1, 0.15) is 4.47 Å². The minimum Gasteiger partial charge on any atom is -0.258 e. The van der Waals surface area contributed by atoms with E-state index in [9.17, 15) is 18.9 Å². The van der Waals surface area contributed by atoms with Gasteiger partial charge in [-0.25, -0.2) is 8.78 Å². The largest absolute Gasteiger partial charge is 0.288 e. The molecule has 3 nitrogen and oxygen atoms in total. The lowest BCUT2D eigenvalue weighted by Gasteiger charge is -1.99. The van der Waals surface area contributed by atoms with Gasteiger partial charge in [0.2, 0.25) is 0 Å². The fraction of sp³-hybridized carbons (Fsp3) is 0. The molecule has 0 bridgehead atoms. The highest BCUT2D eigenvalue weighted by molar-refractivity contribution is 9.10. The van der Waals surface area contributed by atoms with Gasteiger partial charge in [0.05, 0.1) is 9.95 Å². The van der Waals surface area contributed by atoms with Crippen LogP contribution < -0.4 is 0 Å². The topological polar surface area (TPSA) is 43.1 Å². The van der Waals surface area contributed by atoms with Crippen LogP contribution in [0.2, 0.25) is 5.02 Å².